The lowest BCUT2D eigenvalue weighted by Gasteiger charge is -2.07. The molecule has 0 radical (unpaired) electrons. The fraction of sp³-hybridized carbons (Fsp3) is 0.179. The van der Waals surface area contributed by atoms with Gasteiger partial charge in [0.2, 0.25) is 4.80 Å². The summed E-state index contributed by atoms with van der Waals surface area (Å²) in [4.78, 5) is 20.0. The summed E-state index contributed by atoms with van der Waals surface area (Å²) in [5.74, 6) is 0.479. The minimum atomic E-state index is -0.160. The molecule has 0 bridgehead atoms. The van der Waals surface area contributed by atoms with Gasteiger partial charge in [-0.2, -0.15) is 5.10 Å². The maximum Gasteiger partial charge on any atom is 0.297 e. The van der Waals surface area contributed by atoms with Crippen LogP contribution in [-0.2, 0) is 7.05 Å². The molecule has 36 heavy (non-hydrogen) atoms. The molecule has 0 aliphatic heterocycles. The minimum absolute atomic E-state index is 0.160. The average molecular weight is 514 g/mol. The Hall–Kier alpha value is -3.75. The van der Waals surface area contributed by atoms with Crippen LogP contribution in [0.2, 0.25) is 0 Å². The third kappa shape index (κ3) is 4.57. The van der Waals surface area contributed by atoms with Gasteiger partial charge in [-0.25, -0.2) is 14.4 Å². The van der Waals surface area contributed by atoms with Crippen molar-refractivity contribution in [2.75, 3.05) is 0 Å². The fourth-order valence-corrected chi connectivity index (χ4v) is 5.59. The molecule has 0 aliphatic carbocycles. The number of rotatable bonds is 6. The summed E-state index contributed by atoms with van der Waals surface area (Å²) >= 11 is 3.12. The first kappa shape index (κ1) is 24.0. The van der Waals surface area contributed by atoms with E-state index in [1.165, 1.54) is 16.9 Å². The molecule has 0 fully saturated rings. The fourth-order valence-electron chi connectivity index (χ4n) is 3.95. The highest BCUT2D eigenvalue weighted by atomic mass is 32.1. The highest BCUT2D eigenvalue weighted by molar-refractivity contribution is 7.14. The van der Waals surface area contributed by atoms with Crippen LogP contribution in [0.5, 0.6) is 0 Å². The molecule has 8 heteroatoms. The zero-order chi connectivity index (χ0) is 25.2. The molecule has 0 spiro atoms. The summed E-state index contributed by atoms with van der Waals surface area (Å²) in [5.41, 5.74) is 5.08. The Kier molecular flexibility index (Phi) is 6.71. The maximum atomic E-state index is 13.4. The molecule has 0 unspecified atom stereocenters. The Labute approximate surface area is 217 Å². The van der Waals surface area contributed by atoms with E-state index in [1.807, 2.05) is 76.7 Å². The standard InChI is InChI=1S/C28H27N5OS2/c1-19(2)22-14-12-21(13-15-22)17-29-32-24(25-11-8-16-35-25)18-36-28(32)30-26-20(3)31(4)33(27(26)34)23-9-6-5-7-10-23/h5-19H,1-4H3. The van der Waals surface area contributed by atoms with Crippen molar-refractivity contribution in [3.05, 3.63) is 109 Å². The monoisotopic (exact) mass is 513 g/mol. The summed E-state index contributed by atoms with van der Waals surface area (Å²) in [5, 5.41) is 8.89. The van der Waals surface area contributed by atoms with E-state index < -0.39 is 0 Å². The van der Waals surface area contributed by atoms with Gasteiger partial charge in [0.15, 0.2) is 5.69 Å². The van der Waals surface area contributed by atoms with Gasteiger partial charge in [-0.3, -0.25) is 9.48 Å². The molecule has 2 aromatic carbocycles. The second kappa shape index (κ2) is 10.1. The molecule has 182 valence electrons. The highest BCUT2D eigenvalue weighted by Crippen LogP contribution is 2.26. The van der Waals surface area contributed by atoms with E-state index in [1.54, 1.807) is 16.0 Å². The molecule has 0 saturated heterocycles. The molecular weight excluding hydrogens is 486 g/mol. The summed E-state index contributed by atoms with van der Waals surface area (Å²) < 4.78 is 5.31. The largest absolute Gasteiger partial charge is 0.297 e. The molecule has 0 N–H and O–H groups in total. The molecule has 5 rings (SSSR count). The third-order valence-electron chi connectivity index (χ3n) is 6.12. The Bertz CT molecular complexity index is 1630. The number of nitrogens with zero attached hydrogens (tertiary/aromatic N) is 5. The van der Waals surface area contributed by atoms with Crippen LogP contribution in [0.3, 0.4) is 0 Å². The summed E-state index contributed by atoms with van der Waals surface area (Å²) in [7, 11) is 1.88. The Morgan fingerprint density at radius 2 is 1.69 bits per heavy atom. The molecule has 5 aromatic rings. The van der Waals surface area contributed by atoms with E-state index >= 15 is 0 Å². The van der Waals surface area contributed by atoms with E-state index in [0.717, 1.165) is 27.5 Å². The lowest BCUT2D eigenvalue weighted by atomic mass is 10.0. The number of thiazole rings is 1. The van der Waals surface area contributed by atoms with E-state index in [-0.39, 0.29) is 5.56 Å². The van der Waals surface area contributed by atoms with Crippen molar-refractivity contribution in [1.29, 1.82) is 0 Å². The molecule has 0 saturated carbocycles. The van der Waals surface area contributed by atoms with Gasteiger partial charge >= 0.3 is 0 Å². The molecule has 0 amide bonds. The molecule has 3 heterocycles. The van der Waals surface area contributed by atoms with Gasteiger partial charge in [0.05, 0.1) is 28.2 Å². The smallest absolute Gasteiger partial charge is 0.283 e. The van der Waals surface area contributed by atoms with E-state index in [9.17, 15) is 4.79 Å². The SMILES string of the molecule is Cc1c(N=c2scc(-c3cccs3)n2N=Cc2ccc(C(C)C)cc2)c(=O)n(-c2ccccc2)n1C. The summed E-state index contributed by atoms with van der Waals surface area (Å²) in [6.45, 7) is 6.28. The molecule has 0 aliphatic rings. The number of para-hydroxylation sites is 1. The first-order valence-electron chi connectivity index (χ1n) is 11.7. The first-order chi connectivity index (χ1) is 17.4. The Morgan fingerprint density at radius 1 is 0.944 bits per heavy atom. The molecule has 0 atom stereocenters. The van der Waals surface area contributed by atoms with E-state index in [2.05, 4.69) is 44.2 Å². The van der Waals surface area contributed by atoms with Gasteiger partial charge < -0.3 is 0 Å². The van der Waals surface area contributed by atoms with Gasteiger partial charge in [0, 0.05) is 12.4 Å². The van der Waals surface area contributed by atoms with Crippen LogP contribution in [0.25, 0.3) is 16.3 Å². The van der Waals surface area contributed by atoms with Crippen molar-refractivity contribution in [3.8, 4) is 16.3 Å². The van der Waals surface area contributed by atoms with Gasteiger partial charge in [-0.15, -0.1) is 22.7 Å². The first-order valence-corrected chi connectivity index (χ1v) is 13.5. The van der Waals surface area contributed by atoms with Crippen molar-refractivity contribution in [2.24, 2.45) is 17.1 Å². The van der Waals surface area contributed by atoms with Crippen LogP contribution < -0.4 is 10.4 Å². The van der Waals surface area contributed by atoms with Crippen LogP contribution in [0.4, 0.5) is 5.69 Å². The van der Waals surface area contributed by atoms with Crippen LogP contribution in [0, 0.1) is 6.92 Å². The normalized spacial score (nSPS) is 12.3. The second-order valence-electron chi connectivity index (χ2n) is 8.78. The predicted octanol–water partition coefficient (Wildman–Crippen LogP) is 6.31. The van der Waals surface area contributed by atoms with Crippen LogP contribution in [-0.4, -0.2) is 20.3 Å². The second-order valence-corrected chi connectivity index (χ2v) is 10.6. The maximum absolute atomic E-state index is 13.4. The van der Waals surface area contributed by atoms with E-state index in [4.69, 9.17) is 10.1 Å². The lowest BCUT2D eigenvalue weighted by molar-refractivity contribution is 0.630. The number of benzene rings is 2. The summed E-state index contributed by atoms with van der Waals surface area (Å²) in [6, 6.07) is 22.1. The van der Waals surface area contributed by atoms with Crippen LogP contribution in [0.15, 0.2) is 92.4 Å². The number of aromatic nitrogens is 3. The van der Waals surface area contributed by atoms with E-state index in [0.29, 0.717) is 16.4 Å². The minimum Gasteiger partial charge on any atom is -0.283 e. The molecular formula is C28H27N5OS2. The topological polar surface area (TPSA) is 56.6 Å². The van der Waals surface area contributed by atoms with Gasteiger partial charge in [0.1, 0.15) is 0 Å². The number of thiophene rings is 1. The molecule has 6 nitrogen and oxygen atoms in total. The zero-order valence-electron chi connectivity index (χ0n) is 20.6. The Balaban J connectivity index is 1.63. The predicted molar refractivity (Wildman–Crippen MR) is 150 cm³/mol. The zero-order valence-corrected chi connectivity index (χ0v) is 22.3. The van der Waals surface area contributed by atoms with Crippen LogP contribution >= 0.6 is 22.7 Å². The lowest BCUT2D eigenvalue weighted by Crippen LogP contribution is -2.19. The van der Waals surface area contributed by atoms with Gasteiger partial charge in [0.25, 0.3) is 5.56 Å². The quantitative estimate of drug-likeness (QED) is 0.245. The van der Waals surface area contributed by atoms with Crippen molar-refractivity contribution < 1.29 is 0 Å². The summed E-state index contributed by atoms with van der Waals surface area (Å²) in [6.07, 6.45) is 1.84. The molecule has 3 aromatic heterocycles. The van der Waals surface area contributed by atoms with Crippen molar-refractivity contribution in [1.82, 2.24) is 14.0 Å². The van der Waals surface area contributed by atoms with Gasteiger partial charge in [-0.1, -0.05) is 62.4 Å². The Morgan fingerprint density at radius 3 is 2.36 bits per heavy atom. The number of hydrogen-bond acceptors (Lipinski definition) is 5. The number of hydrogen-bond donors (Lipinski definition) is 0. The van der Waals surface area contributed by atoms with Crippen molar-refractivity contribution in [2.45, 2.75) is 26.7 Å². The highest BCUT2D eigenvalue weighted by Gasteiger charge is 2.17. The van der Waals surface area contributed by atoms with Crippen molar-refractivity contribution in [3.63, 3.8) is 0 Å². The average Bonchev–Trinajstić information content (AvgIpc) is 3.60. The van der Waals surface area contributed by atoms with Crippen molar-refractivity contribution >= 4 is 34.6 Å². The van der Waals surface area contributed by atoms with Gasteiger partial charge in [-0.05, 0) is 47.5 Å². The third-order valence-corrected chi connectivity index (χ3v) is 7.82. The van der Waals surface area contributed by atoms with Crippen LogP contribution in [0.1, 0.15) is 36.6 Å².